The first-order chi connectivity index (χ1) is 9.34. The average Bonchev–Trinajstić information content (AvgIpc) is 2.48. The highest BCUT2D eigenvalue weighted by Gasteiger charge is 2.21. The molecule has 1 aromatic rings. The van der Waals surface area contributed by atoms with Crippen LogP contribution in [0.2, 0.25) is 0 Å². The monoisotopic (exact) mass is 276 g/mol. The van der Waals surface area contributed by atoms with Gasteiger partial charge in [0.25, 0.3) is 0 Å². The maximum absolute atomic E-state index is 12.1. The summed E-state index contributed by atoms with van der Waals surface area (Å²) in [4.78, 5) is 19.2. The van der Waals surface area contributed by atoms with Gasteiger partial charge in [0.05, 0.1) is 10.6 Å². The highest BCUT2D eigenvalue weighted by molar-refractivity contribution is 8.00. The van der Waals surface area contributed by atoms with Crippen LogP contribution in [0, 0.1) is 0 Å². The summed E-state index contributed by atoms with van der Waals surface area (Å²) < 4.78 is 5.54. The summed E-state index contributed by atoms with van der Waals surface area (Å²) in [6.07, 6.45) is 4.99. The van der Waals surface area contributed by atoms with E-state index in [1.807, 2.05) is 24.4 Å². The molecule has 1 aromatic carbocycles. The Kier molecular flexibility index (Phi) is 3.73. The van der Waals surface area contributed by atoms with Gasteiger partial charge in [-0.05, 0) is 31.4 Å². The third-order valence-electron chi connectivity index (χ3n) is 3.30. The predicted octanol–water partition coefficient (Wildman–Crippen LogP) is 3.48. The first kappa shape index (κ1) is 12.5. The third kappa shape index (κ3) is 2.76. The molecule has 1 amide bonds. The molecule has 1 saturated heterocycles. The van der Waals surface area contributed by atoms with Gasteiger partial charge in [-0.2, -0.15) is 0 Å². The van der Waals surface area contributed by atoms with E-state index in [1.54, 1.807) is 16.7 Å². The number of carbonyl (C=O) groups is 1. The number of fused-ring (bicyclic) bond motifs is 1. The summed E-state index contributed by atoms with van der Waals surface area (Å²) >= 11 is 1.66. The van der Waals surface area contributed by atoms with E-state index < -0.39 is 0 Å². The van der Waals surface area contributed by atoms with Crippen molar-refractivity contribution < 1.29 is 9.53 Å². The van der Waals surface area contributed by atoms with E-state index >= 15 is 0 Å². The van der Waals surface area contributed by atoms with Crippen molar-refractivity contribution in [2.45, 2.75) is 24.2 Å². The van der Waals surface area contributed by atoms with E-state index in [-0.39, 0.29) is 6.09 Å². The van der Waals surface area contributed by atoms with E-state index in [0.717, 1.165) is 42.3 Å². The quantitative estimate of drug-likeness (QED) is 0.788. The van der Waals surface area contributed by atoms with E-state index in [9.17, 15) is 4.79 Å². The fourth-order valence-corrected chi connectivity index (χ4v) is 3.16. The Balaban J connectivity index is 1.76. The van der Waals surface area contributed by atoms with Gasteiger partial charge >= 0.3 is 6.09 Å². The van der Waals surface area contributed by atoms with E-state index in [1.165, 1.54) is 6.42 Å². The van der Waals surface area contributed by atoms with Crippen molar-refractivity contribution in [3.8, 4) is 5.75 Å². The molecule has 0 unspecified atom stereocenters. The maximum atomic E-state index is 12.1. The number of nitrogens with zero attached hydrogens (tertiary/aromatic N) is 2. The highest BCUT2D eigenvalue weighted by Crippen LogP contribution is 2.39. The van der Waals surface area contributed by atoms with Crippen molar-refractivity contribution in [1.82, 2.24) is 4.90 Å². The summed E-state index contributed by atoms with van der Waals surface area (Å²) in [7, 11) is 0. The second-order valence-electron chi connectivity index (χ2n) is 4.64. The SMILES string of the molecule is O=C(Oc1cccc2c1SCC=N2)N1CCCCC1. The van der Waals surface area contributed by atoms with Crippen molar-refractivity contribution >= 4 is 29.8 Å². The molecule has 0 atom stereocenters. The standard InChI is InChI=1S/C14H16N2O2S/c17-14(16-8-2-1-3-9-16)18-12-6-4-5-11-13(12)19-10-7-15-11/h4-7H,1-3,8-10H2. The molecule has 2 aliphatic rings. The zero-order chi connectivity index (χ0) is 13.1. The van der Waals surface area contributed by atoms with Crippen LogP contribution in [0.25, 0.3) is 0 Å². The van der Waals surface area contributed by atoms with Crippen molar-refractivity contribution in [1.29, 1.82) is 0 Å². The first-order valence-electron chi connectivity index (χ1n) is 6.60. The van der Waals surface area contributed by atoms with Crippen LogP contribution >= 0.6 is 11.8 Å². The van der Waals surface area contributed by atoms with Gasteiger partial charge in [-0.25, -0.2) is 4.79 Å². The molecule has 0 radical (unpaired) electrons. The summed E-state index contributed by atoms with van der Waals surface area (Å²) in [5.41, 5.74) is 0.889. The molecular formula is C14H16N2O2S. The fraction of sp³-hybridized carbons (Fsp3) is 0.429. The van der Waals surface area contributed by atoms with Crippen molar-refractivity contribution in [2.75, 3.05) is 18.8 Å². The molecule has 1 fully saturated rings. The minimum atomic E-state index is -0.233. The molecule has 0 N–H and O–H groups in total. The van der Waals surface area contributed by atoms with Gasteiger partial charge in [0.1, 0.15) is 5.75 Å². The number of hydrogen-bond donors (Lipinski definition) is 0. The summed E-state index contributed by atoms with van der Waals surface area (Å²) in [6, 6.07) is 5.66. The Hall–Kier alpha value is -1.49. The van der Waals surface area contributed by atoms with Crippen molar-refractivity contribution in [2.24, 2.45) is 4.99 Å². The van der Waals surface area contributed by atoms with Crippen LogP contribution in [0.4, 0.5) is 10.5 Å². The number of carbonyl (C=O) groups excluding carboxylic acids is 1. The van der Waals surface area contributed by atoms with Crippen LogP contribution in [-0.2, 0) is 0 Å². The Bertz CT molecular complexity index is 510. The third-order valence-corrected chi connectivity index (χ3v) is 4.32. The maximum Gasteiger partial charge on any atom is 0.415 e. The highest BCUT2D eigenvalue weighted by atomic mass is 32.2. The summed E-state index contributed by atoms with van der Waals surface area (Å²) in [6.45, 7) is 1.61. The lowest BCUT2D eigenvalue weighted by Gasteiger charge is -2.26. The van der Waals surface area contributed by atoms with E-state index in [4.69, 9.17) is 4.74 Å². The molecule has 0 spiro atoms. The normalized spacial score (nSPS) is 18.0. The van der Waals surface area contributed by atoms with E-state index in [0.29, 0.717) is 5.75 Å². The van der Waals surface area contributed by atoms with Crippen LogP contribution in [0.1, 0.15) is 19.3 Å². The molecule has 0 bridgehead atoms. The van der Waals surface area contributed by atoms with Gasteiger partial charge in [-0.1, -0.05) is 6.07 Å². The van der Waals surface area contributed by atoms with Crippen LogP contribution in [0.5, 0.6) is 5.75 Å². The first-order valence-corrected chi connectivity index (χ1v) is 7.58. The van der Waals surface area contributed by atoms with Gasteiger partial charge < -0.3 is 9.64 Å². The molecule has 100 valence electrons. The van der Waals surface area contributed by atoms with Crippen LogP contribution in [-0.4, -0.2) is 36.1 Å². The number of hydrogen-bond acceptors (Lipinski definition) is 4. The summed E-state index contributed by atoms with van der Waals surface area (Å²) in [5, 5.41) is 0. The Morgan fingerprint density at radius 1 is 1.26 bits per heavy atom. The van der Waals surface area contributed by atoms with Crippen LogP contribution in [0.3, 0.4) is 0 Å². The van der Waals surface area contributed by atoms with Gasteiger partial charge in [-0.15, -0.1) is 11.8 Å². The van der Waals surface area contributed by atoms with Gasteiger partial charge in [0.15, 0.2) is 0 Å². The molecule has 2 heterocycles. The minimum absolute atomic E-state index is 0.233. The molecule has 4 nitrogen and oxygen atoms in total. The summed E-state index contributed by atoms with van der Waals surface area (Å²) in [5.74, 6) is 1.46. The predicted molar refractivity (Wildman–Crippen MR) is 76.8 cm³/mol. The number of rotatable bonds is 1. The van der Waals surface area contributed by atoms with Gasteiger partial charge in [0.2, 0.25) is 0 Å². The molecule has 5 heteroatoms. The molecule has 2 aliphatic heterocycles. The average molecular weight is 276 g/mol. The van der Waals surface area contributed by atoms with Crippen molar-refractivity contribution in [3.63, 3.8) is 0 Å². The lowest BCUT2D eigenvalue weighted by Crippen LogP contribution is -2.37. The number of ether oxygens (including phenoxy) is 1. The number of thioether (sulfide) groups is 1. The zero-order valence-electron chi connectivity index (χ0n) is 10.7. The largest absolute Gasteiger partial charge is 0.415 e. The number of likely N-dealkylation sites (tertiary alicyclic amines) is 1. The molecular weight excluding hydrogens is 260 g/mol. The number of amides is 1. The molecule has 19 heavy (non-hydrogen) atoms. The van der Waals surface area contributed by atoms with Crippen LogP contribution < -0.4 is 4.74 Å². The number of benzene rings is 1. The second kappa shape index (κ2) is 5.65. The fourth-order valence-electron chi connectivity index (χ4n) is 2.32. The van der Waals surface area contributed by atoms with Crippen LogP contribution in [0.15, 0.2) is 28.1 Å². The zero-order valence-corrected chi connectivity index (χ0v) is 11.5. The molecule has 0 aromatic heterocycles. The second-order valence-corrected chi connectivity index (χ2v) is 5.67. The minimum Gasteiger partial charge on any atom is -0.409 e. The topological polar surface area (TPSA) is 41.9 Å². The number of aliphatic imine (C=N–C) groups is 1. The number of piperidine rings is 1. The smallest absolute Gasteiger partial charge is 0.409 e. The lowest BCUT2D eigenvalue weighted by atomic mass is 10.1. The van der Waals surface area contributed by atoms with Gasteiger partial charge in [0, 0.05) is 25.1 Å². The Morgan fingerprint density at radius 3 is 2.95 bits per heavy atom. The Morgan fingerprint density at radius 2 is 2.11 bits per heavy atom. The lowest BCUT2D eigenvalue weighted by molar-refractivity contribution is 0.141. The molecule has 0 aliphatic carbocycles. The molecule has 0 saturated carbocycles. The van der Waals surface area contributed by atoms with Crippen molar-refractivity contribution in [3.05, 3.63) is 18.2 Å². The van der Waals surface area contributed by atoms with E-state index in [2.05, 4.69) is 4.99 Å². The van der Waals surface area contributed by atoms with Gasteiger partial charge in [-0.3, -0.25) is 4.99 Å². The Labute approximate surface area is 116 Å². The molecule has 3 rings (SSSR count).